The number of nitrogens with zero attached hydrogens (tertiary/aromatic N) is 3. The minimum atomic E-state index is -4.18. The number of ether oxygens (including phenoxy) is 3. The molecule has 6 rings (SSSR count). The molecule has 1 aromatic heterocycles. The third kappa shape index (κ3) is 8.63. The number of esters is 1. The van der Waals surface area contributed by atoms with E-state index in [4.69, 9.17) is 23.3 Å². The van der Waals surface area contributed by atoms with E-state index in [-0.39, 0.29) is 30.5 Å². The van der Waals surface area contributed by atoms with E-state index in [9.17, 15) is 29.1 Å². The maximum atomic E-state index is 14.1. The van der Waals surface area contributed by atoms with Gasteiger partial charge in [-0.15, -0.1) is 0 Å². The average Bonchev–Trinajstić information content (AvgIpc) is 3.60. The molecule has 1 saturated heterocycles. The van der Waals surface area contributed by atoms with E-state index in [2.05, 4.69) is 15.4 Å². The molecule has 3 aromatic carbocycles. The molecule has 17 heteroatoms. The number of carbonyl (C=O) groups is 2. The fraction of sp³-hybridized carbons (Fsp3) is 0.333. The number of anilines is 1. The van der Waals surface area contributed by atoms with Crippen LogP contribution in [-0.4, -0.2) is 45.3 Å². The summed E-state index contributed by atoms with van der Waals surface area (Å²) in [6, 6.07) is 23.5. The smallest absolute Gasteiger partial charge is 0.459 e. The van der Waals surface area contributed by atoms with Crippen molar-refractivity contribution in [2.75, 3.05) is 11.9 Å². The Labute approximate surface area is 304 Å². The molecule has 2 fully saturated rings. The Bertz CT molecular complexity index is 2070. The molecule has 2 heterocycles. The quantitative estimate of drug-likeness (QED) is 0.0600. The molecule has 4 aromatic rings. The maximum Gasteiger partial charge on any atom is 0.459 e. The van der Waals surface area contributed by atoms with Gasteiger partial charge in [-0.2, -0.15) is 10.1 Å². The van der Waals surface area contributed by atoms with Crippen molar-refractivity contribution in [2.45, 2.75) is 64.2 Å². The normalized spacial score (nSPS) is 22.4. The Morgan fingerprint density at radius 3 is 2.40 bits per heavy atom. The van der Waals surface area contributed by atoms with E-state index in [1.54, 1.807) is 37.3 Å². The fourth-order valence-electron chi connectivity index (χ4n) is 6.26. The molecule has 53 heavy (non-hydrogen) atoms. The van der Waals surface area contributed by atoms with Gasteiger partial charge in [-0.05, 0) is 61.7 Å². The number of hydrogen-bond acceptors (Lipinski definition) is 12. The average molecular weight is 748 g/mol. The van der Waals surface area contributed by atoms with Gasteiger partial charge in [0.05, 0.1) is 17.6 Å². The molecule has 1 saturated carbocycles. The molecule has 1 aliphatic carbocycles. The van der Waals surface area contributed by atoms with Gasteiger partial charge in [-0.25, -0.2) is 14.2 Å². The Kier molecular flexibility index (Phi) is 10.8. The number of non-ortho nitro benzene ring substituents is 1. The van der Waals surface area contributed by atoms with Crippen LogP contribution in [0, 0.1) is 15.5 Å². The summed E-state index contributed by atoms with van der Waals surface area (Å²) in [6.07, 6.45) is 0.191. The van der Waals surface area contributed by atoms with E-state index in [0.29, 0.717) is 18.4 Å². The fourth-order valence-corrected chi connectivity index (χ4v) is 7.78. The van der Waals surface area contributed by atoms with Crippen molar-refractivity contribution in [3.05, 3.63) is 129 Å². The highest BCUT2D eigenvalue weighted by Crippen LogP contribution is 2.69. The van der Waals surface area contributed by atoms with Crippen molar-refractivity contribution in [1.29, 1.82) is 0 Å². The van der Waals surface area contributed by atoms with E-state index in [1.165, 1.54) is 48.0 Å². The molecule has 16 nitrogen and oxygen atoms in total. The number of nitro groups is 1. The molecule has 278 valence electrons. The number of nitro benzene ring substituents is 1. The van der Waals surface area contributed by atoms with E-state index >= 15 is 0 Å². The summed E-state index contributed by atoms with van der Waals surface area (Å²) in [6.45, 7) is 4.88. The van der Waals surface area contributed by atoms with Gasteiger partial charge in [-0.1, -0.05) is 55.5 Å². The third-order valence-corrected chi connectivity index (χ3v) is 10.7. The number of rotatable bonds is 15. The van der Waals surface area contributed by atoms with Crippen molar-refractivity contribution < 1.29 is 42.3 Å². The Balaban J connectivity index is 1.07. The van der Waals surface area contributed by atoms with Crippen molar-refractivity contribution in [2.24, 2.45) is 5.41 Å². The molecule has 2 aliphatic rings. The van der Waals surface area contributed by atoms with Crippen LogP contribution in [0.25, 0.3) is 0 Å². The lowest BCUT2D eigenvalue weighted by molar-refractivity contribution is -0.384. The first-order valence-corrected chi connectivity index (χ1v) is 18.3. The second kappa shape index (κ2) is 15.3. The SMILES string of the molecule is CC(OC(=O)Nc1ccn([C@]23CC2(C)C[C@@H](COP(=O)(N[C@@H](C)C(=O)OCc2ccccc2)Oc2ccccc2)O3)c(=O)n1)c1ccc([N+](=O)[O-])cc1. The number of aromatic nitrogens is 2. The van der Waals surface area contributed by atoms with Crippen LogP contribution in [0.4, 0.5) is 16.3 Å². The summed E-state index contributed by atoms with van der Waals surface area (Å²) < 4.78 is 44.2. The number of nitrogens with one attached hydrogen (secondary N) is 2. The third-order valence-electron chi connectivity index (χ3n) is 9.10. The highest BCUT2D eigenvalue weighted by Gasteiger charge is 2.73. The van der Waals surface area contributed by atoms with Gasteiger partial charge in [0.1, 0.15) is 30.3 Å². The monoisotopic (exact) mass is 747 g/mol. The van der Waals surface area contributed by atoms with Crippen LogP contribution in [0.5, 0.6) is 5.75 Å². The zero-order chi connectivity index (χ0) is 37.8. The number of para-hydroxylation sites is 1. The largest absolute Gasteiger partial charge is 0.460 e. The number of amides is 1. The Morgan fingerprint density at radius 1 is 1.06 bits per heavy atom. The molecule has 1 aliphatic heterocycles. The summed E-state index contributed by atoms with van der Waals surface area (Å²) >= 11 is 0. The van der Waals surface area contributed by atoms with Gasteiger partial charge >= 0.3 is 25.5 Å². The number of benzene rings is 3. The number of hydrogen-bond donors (Lipinski definition) is 2. The minimum absolute atomic E-state index is 0.0335. The molecule has 0 bridgehead atoms. The van der Waals surface area contributed by atoms with Crippen LogP contribution < -0.4 is 20.6 Å². The van der Waals surface area contributed by atoms with Crippen LogP contribution in [-0.2, 0) is 40.4 Å². The molecule has 2 N–H and O–H groups in total. The van der Waals surface area contributed by atoms with Gasteiger partial charge < -0.3 is 18.7 Å². The topological polar surface area (TPSA) is 199 Å². The highest BCUT2D eigenvalue weighted by molar-refractivity contribution is 7.52. The maximum absolute atomic E-state index is 14.1. The molecule has 6 atom stereocenters. The van der Waals surface area contributed by atoms with Crippen LogP contribution in [0.3, 0.4) is 0 Å². The van der Waals surface area contributed by atoms with Gasteiger partial charge in [0.15, 0.2) is 5.72 Å². The summed E-state index contributed by atoms with van der Waals surface area (Å²) in [7, 11) is -4.18. The zero-order valence-electron chi connectivity index (χ0n) is 29.1. The van der Waals surface area contributed by atoms with Gasteiger partial charge in [-0.3, -0.25) is 29.3 Å². The lowest BCUT2D eigenvalue weighted by atomic mass is 10.0. The van der Waals surface area contributed by atoms with E-state index in [1.807, 2.05) is 37.3 Å². The summed E-state index contributed by atoms with van der Waals surface area (Å²) in [5.41, 5.74) is -0.981. The van der Waals surface area contributed by atoms with Gasteiger partial charge in [0.25, 0.3) is 5.69 Å². The first-order chi connectivity index (χ1) is 25.3. The second-order valence-electron chi connectivity index (χ2n) is 13.1. The summed E-state index contributed by atoms with van der Waals surface area (Å²) in [5, 5.41) is 16.0. The van der Waals surface area contributed by atoms with Gasteiger partial charge in [0.2, 0.25) is 0 Å². The van der Waals surface area contributed by atoms with Crippen LogP contribution >= 0.6 is 7.75 Å². The Hall–Kier alpha value is -5.41. The molecule has 0 spiro atoms. The first kappa shape index (κ1) is 37.4. The van der Waals surface area contributed by atoms with Crippen LogP contribution in [0.1, 0.15) is 50.8 Å². The highest BCUT2D eigenvalue weighted by atomic mass is 31.2. The molecule has 1 amide bonds. The van der Waals surface area contributed by atoms with Crippen molar-refractivity contribution in [1.82, 2.24) is 14.6 Å². The molecular formula is C36H38N5O11P. The molecule has 0 radical (unpaired) electrons. The first-order valence-electron chi connectivity index (χ1n) is 16.8. The number of carbonyl (C=O) groups excluding carboxylic acids is 2. The predicted molar refractivity (Wildman–Crippen MR) is 190 cm³/mol. The van der Waals surface area contributed by atoms with Crippen molar-refractivity contribution in [3.8, 4) is 5.75 Å². The Morgan fingerprint density at radius 2 is 1.74 bits per heavy atom. The standard InChI is InChI=1S/C36H38N5O11P/c1-24(32(42)48-21-26-10-6-4-7-11-26)39-53(47,52-29-12-8-5-9-13-29)49-22-30-20-35(3)23-36(35,51-30)40-19-18-31(37-33(40)43)38-34(44)50-25(2)27-14-16-28(17-15-27)41(45)46/h4-19,24-25,30H,20-23H2,1-3H3,(H,39,47)(H,37,38,43,44)/t24-,25?,30-,35?,36-,53?/m0/s1. The van der Waals surface area contributed by atoms with E-state index in [0.717, 1.165) is 5.56 Å². The minimum Gasteiger partial charge on any atom is -0.460 e. The van der Waals surface area contributed by atoms with E-state index < -0.39 is 59.8 Å². The lowest BCUT2D eigenvalue weighted by Gasteiger charge is -2.25. The van der Waals surface area contributed by atoms with Crippen LogP contribution in [0.2, 0.25) is 0 Å². The lowest BCUT2D eigenvalue weighted by Crippen LogP contribution is -2.37. The van der Waals surface area contributed by atoms with Gasteiger partial charge in [0, 0.05) is 30.2 Å². The zero-order valence-corrected chi connectivity index (χ0v) is 30.0. The molecule has 3 unspecified atom stereocenters. The second-order valence-corrected chi connectivity index (χ2v) is 14.8. The predicted octanol–water partition coefficient (Wildman–Crippen LogP) is 6.24. The van der Waals surface area contributed by atoms with Crippen molar-refractivity contribution >= 4 is 31.3 Å². The number of fused-ring (bicyclic) bond motifs is 1. The van der Waals surface area contributed by atoms with Crippen molar-refractivity contribution in [3.63, 3.8) is 0 Å². The summed E-state index contributed by atoms with van der Waals surface area (Å²) in [5.74, 6) is -0.454. The summed E-state index contributed by atoms with van der Waals surface area (Å²) in [4.78, 5) is 53.0. The van der Waals surface area contributed by atoms with Crippen LogP contribution in [0.15, 0.2) is 102 Å². The molecular weight excluding hydrogens is 709 g/mol.